The highest BCUT2D eigenvalue weighted by molar-refractivity contribution is 6.04. The molecular formula is C26H24N8O. The summed E-state index contributed by atoms with van der Waals surface area (Å²) in [5, 5.41) is 12.9. The van der Waals surface area contributed by atoms with Crippen LogP contribution in [0.1, 0.15) is 54.8 Å². The Labute approximate surface area is 201 Å². The number of pyridine rings is 2. The Hall–Kier alpha value is -4.40. The summed E-state index contributed by atoms with van der Waals surface area (Å²) in [7, 11) is 0. The molecule has 1 fully saturated rings. The molecule has 1 aliphatic rings. The molecule has 0 radical (unpaired) electrons. The first-order valence-corrected chi connectivity index (χ1v) is 11.7. The Morgan fingerprint density at radius 3 is 2.77 bits per heavy atom. The lowest BCUT2D eigenvalue weighted by atomic mass is 10.1. The van der Waals surface area contributed by atoms with Crippen LogP contribution in [0, 0.1) is 0 Å². The molecule has 0 spiro atoms. The highest BCUT2D eigenvalue weighted by Crippen LogP contribution is 2.39. The van der Waals surface area contributed by atoms with Crippen LogP contribution in [-0.4, -0.2) is 40.2 Å². The van der Waals surface area contributed by atoms with E-state index in [0.717, 1.165) is 22.2 Å². The number of benzene rings is 1. The van der Waals surface area contributed by atoms with Crippen molar-refractivity contribution in [3.05, 3.63) is 78.9 Å². The van der Waals surface area contributed by atoms with Gasteiger partial charge in [-0.25, -0.2) is 9.97 Å². The van der Waals surface area contributed by atoms with Gasteiger partial charge in [0.25, 0.3) is 5.91 Å². The fourth-order valence-corrected chi connectivity index (χ4v) is 4.10. The van der Waals surface area contributed by atoms with Crippen molar-refractivity contribution in [1.29, 1.82) is 0 Å². The highest BCUT2D eigenvalue weighted by Gasteiger charge is 2.25. The van der Waals surface area contributed by atoms with Crippen molar-refractivity contribution < 1.29 is 4.79 Å². The van der Waals surface area contributed by atoms with E-state index in [-0.39, 0.29) is 11.9 Å². The van der Waals surface area contributed by atoms with Gasteiger partial charge in [0.2, 0.25) is 0 Å². The van der Waals surface area contributed by atoms with Crippen LogP contribution in [0.5, 0.6) is 0 Å². The van der Waals surface area contributed by atoms with Gasteiger partial charge >= 0.3 is 0 Å². The monoisotopic (exact) mass is 464 g/mol. The Balaban J connectivity index is 1.25. The molecule has 1 aromatic carbocycles. The maximum absolute atomic E-state index is 13.0. The molecule has 4 heterocycles. The van der Waals surface area contributed by atoms with Gasteiger partial charge in [-0.15, -0.1) is 10.2 Å². The lowest BCUT2D eigenvalue weighted by Crippen LogP contribution is -2.15. The zero-order valence-electron chi connectivity index (χ0n) is 19.5. The maximum Gasteiger partial charge on any atom is 0.275 e. The summed E-state index contributed by atoms with van der Waals surface area (Å²) in [6, 6.07) is 13.5. The van der Waals surface area contributed by atoms with Gasteiger partial charge in [0.1, 0.15) is 23.5 Å². The van der Waals surface area contributed by atoms with Gasteiger partial charge in [-0.3, -0.25) is 9.78 Å². The van der Waals surface area contributed by atoms with E-state index in [1.165, 1.54) is 12.8 Å². The summed E-state index contributed by atoms with van der Waals surface area (Å²) in [5.74, 6) is 1.35. The van der Waals surface area contributed by atoms with Crippen LogP contribution in [0.15, 0.2) is 67.5 Å². The number of carbonyl (C=O) groups excluding carboxylic acids is 1. The van der Waals surface area contributed by atoms with Crippen LogP contribution >= 0.6 is 0 Å². The van der Waals surface area contributed by atoms with Crippen LogP contribution in [0.3, 0.4) is 0 Å². The minimum Gasteiger partial charge on any atom is -0.310 e. The number of rotatable bonds is 6. The zero-order valence-corrected chi connectivity index (χ0v) is 19.5. The van der Waals surface area contributed by atoms with Crippen molar-refractivity contribution >= 4 is 22.5 Å². The molecule has 4 aromatic heterocycles. The second-order valence-corrected chi connectivity index (χ2v) is 9.10. The molecule has 0 saturated heterocycles. The van der Waals surface area contributed by atoms with E-state index in [1.54, 1.807) is 24.7 Å². The van der Waals surface area contributed by atoms with Gasteiger partial charge in [0, 0.05) is 35.4 Å². The number of nitrogens with one attached hydrogen (secondary N) is 1. The molecular weight excluding hydrogens is 440 g/mol. The largest absolute Gasteiger partial charge is 0.310 e. The molecule has 1 amide bonds. The van der Waals surface area contributed by atoms with Crippen LogP contribution in [-0.2, 0) is 0 Å². The van der Waals surface area contributed by atoms with Gasteiger partial charge in [-0.2, -0.15) is 0 Å². The maximum atomic E-state index is 13.0. The average molecular weight is 465 g/mol. The summed E-state index contributed by atoms with van der Waals surface area (Å²) in [6.45, 7) is 4.10. The highest BCUT2D eigenvalue weighted by atomic mass is 16.1. The van der Waals surface area contributed by atoms with Crippen molar-refractivity contribution in [2.45, 2.75) is 38.6 Å². The summed E-state index contributed by atoms with van der Waals surface area (Å²) in [4.78, 5) is 26.5. The minimum atomic E-state index is -0.328. The third kappa shape index (κ3) is 4.16. The lowest BCUT2D eigenvalue weighted by Gasteiger charge is -2.11. The third-order valence-corrected chi connectivity index (χ3v) is 6.18. The van der Waals surface area contributed by atoms with Gasteiger partial charge in [0.15, 0.2) is 5.82 Å². The Morgan fingerprint density at radius 1 is 1.06 bits per heavy atom. The van der Waals surface area contributed by atoms with Gasteiger partial charge in [-0.1, -0.05) is 12.1 Å². The van der Waals surface area contributed by atoms with Gasteiger partial charge in [-0.05, 0) is 62.4 Å². The van der Waals surface area contributed by atoms with E-state index < -0.39 is 0 Å². The third-order valence-electron chi connectivity index (χ3n) is 6.18. The van der Waals surface area contributed by atoms with E-state index in [4.69, 9.17) is 0 Å². The molecule has 1 N–H and O–H groups in total. The smallest absolute Gasteiger partial charge is 0.275 e. The molecule has 0 aliphatic heterocycles. The van der Waals surface area contributed by atoms with Crippen molar-refractivity contribution in [2.24, 2.45) is 0 Å². The van der Waals surface area contributed by atoms with E-state index in [2.05, 4.69) is 36.7 Å². The Bertz CT molecular complexity index is 1550. The summed E-state index contributed by atoms with van der Waals surface area (Å²) >= 11 is 0. The Morgan fingerprint density at radius 2 is 1.94 bits per heavy atom. The molecule has 1 saturated carbocycles. The number of imidazole rings is 1. The number of nitrogens with zero attached hydrogens (tertiary/aromatic N) is 7. The van der Waals surface area contributed by atoms with Gasteiger partial charge < -0.3 is 14.5 Å². The summed E-state index contributed by atoms with van der Waals surface area (Å²) in [6.07, 6.45) is 9.76. The Kier molecular flexibility index (Phi) is 5.09. The van der Waals surface area contributed by atoms with Crippen molar-refractivity contribution in [3.63, 3.8) is 0 Å². The summed E-state index contributed by atoms with van der Waals surface area (Å²) in [5.41, 5.74) is 3.09. The molecule has 0 bridgehead atoms. The van der Waals surface area contributed by atoms with Crippen LogP contribution in [0.2, 0.25) is 0 Å². The number of aromatic nitrogens is 7. The SMILES string of the molecule is CC(C)n1cnnc1-c1cccc(NC(=O)c2cc3cc(-n4cnc(C5CC5)c4)ccc3cn2)n1. The van der Waals surface area contributed by atoms with Crippen LogP contribution in [0.25, 0.3) is 28.0 Å². The number of fused-ring (bicyclic) bond motifs is 1. The second kappa shape index (κ2) is 8.43. The number of anilines is 1. The fraction of sp³-hybridized carbons (Fsp3) is 0.231. The average Bonchev–Trinajstić information content (AvgIpc) is 3.39. The fourth-order valence-electron chi connectivity index (χ4n) is 4.10. The van der Waals surface area contributed by atoms with Crippen LogP contribution < -0.4 is 5.32 Å². The quantitative estimate of drug-likeness (QED) is 0.388. The van der Waals surface area contributed by atoms with E-state index >= 15 is 0 Å². The lowest BCUT2D eigenvalue weighted by molar-refractivity contribution is 0.102. The predicted molar refractivity (Wildman–Crippen MR) is 132 cm³/mol. The van der Waals surface area contributed by atoms with Crippen LogP contribution in [0.4, 0.5) is 5.82 Å². The molecule has 174 valence electrons. The van der Waals surface area contributed by atoms with Crippen molar-refractivity contribution in [1.82, 2.24) is 34.3 Å². The molecule has 0 atom stereocenters. The molecule has 9 nitrogen and oxygen atoms in total. The number of carbonyl (C=O) groups is 1. The first kappa shape index (κ1) is 21.2. The minimum absolute atomic E-state index is 0.189. The predicted octanol–water partition coefficient (Wildman–Crippen LogP) is 4.78. The zero-order chi connectivity index (χ0) is 23.9. The standard InChI is InChI=1S/C26H24N8O/c1-16(2)34-15-29-32-25(34)21-4-3-5-24(30-21)31-26(35)22-11-19-10-20(9-8-18(19)12-27-22)33-13-23(28-14-33)17-6-7-17/h3-5,8-17H,6-7H2,1-2H3,(H,30,31,35). The normalized spacial score (nSPS) is 13.5. The number of hydrogen-bond donors (Lipinski definition) is 1. The van der Waals surface area contributed by atoms with Crippen molar-refractivity contribution in [2.75, 3.05) is 5.32 Å². The molecule has 5 aromatic rings. The first-order chi connectivity index (χ1) is 17.0. The van der Waals surface area contributed by atoms with E-state index in [1.807, 2.05) is 59.6 Å². The number of amides is 1. The molecule has 1 aliphatic carbocycles. The molecule has 9 heteroatoms. The van der Waals surface area contributed by atoms with E-state index in [9.17, 15) is 4.79 Å². The van der Waals surface area contributed by atoms with Gasteiger partial charge in [0.05, 0.1) is 12.0 Å². The summed E-state index contributed by atoms with van der Waals surface area (Å²) < 4.78 is 3.96. The number of hydrogen-bond acceptors (Lipinski definition) is 6. The first-order valence-electron chi connectivity index (χ1n) is 11.7. The van der Waals surface area contributed by atoms with Crippen molar-refractivity contribution in [3.8, 4) is 17.2 Å². The molecule has 6 rings (SSSR count). The van der Waals surface area contributed by atoms with E-state index in [0.29, 0.717) is 28.9 Å². The molecule has 0 unspecified atom stereocenters. The second-order valence-electron chi connectivity index (χ2n) is 9.10. The topological polar surface area (TPSA) is 103 Å². The molecule has 35 heavy (non-hydrogen) atoms.